The van der Waals surface area contributed by atoms with E-state index in [4.69, 9.17) is 5.11 Å². The van der Waals surface area contributed by atoms with Gasteiger partial charge in [-0.2, -0.15) is 0 Å². The standard InChI is InChI=1S/C12H15N3O3S/c1-2-11-13-8-12(15-11)19(17,18)14-7-9-3-5-10(16)6-4-9/h3-6,8,14,16H,2,7H2,1H3,(H,13,15). The summed E-state index contributed by atoms with van der Waals surface area (Å²) in [6, 6.07) is 6.33. The van der Waals surface area contributed by atoms with Gasteiger partial charge >= 0.3 is 0 Å². The summed E-state index contributed by atoms with van der Waals surface area (Å²) in [4.78, 5) is 6.71. The third-order valence-corrected chi connectivity index (χ3v) is 3.94. The van der Waals surface area contributed by atoms with Gasteiger partial charge in [0.15, 0.2) is 5.03 Å². The molecule has 3 N–H and O–H groups in total. The maximum atomic E-state index is 12.0. The van der Waals surface area contributed by atoms with Crippen molar-refractivity contribution in [1.29, 1.82) is 0 Å². The van der Waals surface area contributed by atoms with E-state index in [1.807, 2.05) is 6.92 Å². The molecule has 0 radical (unpaired) electrons. The Morgan fingerprint density at radius 1 is 1.32 bits per heavy atom. The molecule has 0 unspecified atom stereocenters. The van der Waals surface area contributed by atoms with Crippen LogP contribution in [0.2, 0.25) is 0 Å². The molecule has 0 aliphatic heterocycles. The van der Waals surface area contributed by atoms with E-state index in [2.05, 4.69) is 14.7 Å². The third-order valence-electron chi connectivity index (χ3n) is 2.63. The van der Waals surface area contributed by atoms with Crippen LogP contribution in [0.3, 0.4) is 0 Å². The van der Waals surface area contributed by atoms with Crippen LogP contribution in [0.1, 0.15) is 18.3 Å². The number of aromatic nitrogens is 2. The highest BCUT2D eigenvalue weighted by molar-refractivity contribution is 7.89. The van der Waals surface area contributed by atoms with Crippen molar-refractivity contribution in [3.63, 3.8) is 0 Å². The van der Waals surface area contributed by atoms with Crippen LogP contribution in [0.4, 0.5) is 0 Å². The van der Waals surface area contributed by atoms with Crippen LogP contribution in [-0.4, -0.2) is 23.5 Å². The predicted molar refractivity (Wildman–Crippen MR) is 70.1 cm³/mol. The molecular formula is C12H15N3O3S. The fourth-order valence-corrected chi connectivity index (χ4v) is 2.49. The van der Waals surface area contributed by atoms with Crippen molar-refractivity contribution in [2.45, 2.75) is 24.9 Å². The summed E-state index contributed by atoms with van der Waals surface area (Å²) < 4.78 is 26.4. The highest BCUT2D eigenvalue weighted by Gasteiger charge is 2.16. The number of hydrogen-bond acceptors (Lipinski definition) is 4. The van der Waals surface area contributed by atoms with Gasteiger partial charge in [0.25, 0.3) is 10.0 Å². The number of benzene rings is 1. The first kappa shape index (κ1) is 13.6. The molecule has 0 aliphatic carbocycles. The Morgan fingerprint density at radius 2 is 2.00 bits per heavy atom. The van der Waals surface area contributed by atoms with E-state index < -0.39 is 10.0 Å². The lowest BCUT2D eigenvalue weighted by Crippen LogP contribution is -2.23. The van der Waals surface area contributed by atoms with Gasteiger partial charge in [-0.15, -0.1) is 0 Å². The van der Waals surface area contributed by atoms with Gasteiger partial charge in [-0.1, -0.05) is 19.1 Å². The summed E-state index contributed by atoms with van der Waals surface area (Å²) in [6.07, 6.45) is 1.95. The number of hydrogen-bond donors (Lipinski definition) is 3. The molecule has 0 saturated heterocycles. The van der Waals surface area contributed by atoms with Crippen LogP contribution in [0.5, 0.6) is 5.75 Å². The molecule has 0 saturated carbocycles. The van der Waals surface area contributed by atoms with Crippen LogP contribution >= 0.6 is 0 Å². The van der Waals surface area contributed by atoms with Crippen molar-refractivity contribution < 1.29 is 13.5 Å². The van der Waals surface area contributed by atoms with E-state index in [1.165, 1.54) is 18.3 Å². The SMILES string of the molecule is CCc1ncc(S(=O)(=O)NCc2ccc(O)cc2)[nH]1. The van der Waals surface area contributed by atoms with Gasteiger partial charge in [-0.3, -0.25) is 0 Å². The zero-order chi connectivity index (χ0) is 13.9. The Kier molecular flexibility index (Phi) is 3.87. The molecule has 2 aromatic rings. The molecule has 0 fully saturated rings. The molecule has 0 bridgehead atoms. The molecular weight excluding hydrogens is 266 g/mol. The second-order valence-electron chi connectivity index (χ2n) is 4.04. The first-order chi connectivity index (χ1) is 9.01. The monoisotopic (exact) mass is 281 g/mol. The number of phenolic OH excluding ortho intramolecular Hbond substituents is 1. The quantitative estimate of drug-likeness (QED) is 0.766. The predicted octanol–water partition coefficient (Wildman–Crippen LogP) is 1.16. The maximum absolute atomic E-state index is 12.0. The summed E-state index contributed by atoms with van der Waals surface area (Å²) in [5.74, 6) is 0.776. The average molecular weight is 281 g/mol. The number of imidazole rings is 1. The number of H-pyrrole nitrogens is 1. The largest absolute Gasteiger partial charge is 0.508 e. The number of sulfonamides is 1. The van der Waals surface area contributed by atoms with Gasteiger partial charge in [0.1, 0.15) is 11.6 Å². The minimum atomic E-state index is -3.59. The molecule has 1 aromatic heterocycles. The van der Waals surface area contributed by atoms with E-state index in [-0.39, 0.29) is 17.3 Å². The molecule has 0 spiro atoms. The summed E-state index contributed by atoms with van der Waals surface area (Å²) in [5.41, 5.74) is 0.761. The molecule has 0 amide bonds. The van der Waals surface area contributed by atoms with E-state index in [0.29, 0.717) is 12.2 Å². The number of aromatic amines is 1. The van der Waals surface area contributed by atoms with Gasteiger partial charge < -0.3 is 10.1 Å². The van der Waals surface area contributed by atoms with Gasteiger partial charge in [-0.05, 0) is 17.7 Å². The Hall–Kier alpha value is -1.86. The molecule has 19 heavy (non-hydrogen) atoms. The van der Waals surface area contributed by atoms with E-state index >= 15 is 0 Å². The Bertz CT molecular complexity index is 647. The number of nitrogens with zero attached hydrogens (tertiary/aromatic N) is 1. The number of rotatable bonds is 5. The first-order valence-electron chi connectivity index (χ1n) is 5.82. The Morgan fingerprint density at radius 3 is 2.58 bits per heavy atom. The van der Waals surface area contributed by atoms with Crippen LogP contribution in [-0.2, 0) is 23.0 Å². The van der Waals surface area contributed by atoms with Gasteiger partial charge in [0.2, 0.25) is 0 Å². The number of aromatic hydroxyl groups is 1. The molecule has 0 atom stereocenters. The van der Waals surface area contributed by atoms with Crippen LogP contribution in [0.25, 0.3) is 0 Å². The second-order valence-corrected chi connectivity index (χ2v) is 5.77. The average Bonchev–Trinajstić information content (AvgIpc) is 2.88. The van der Waals surface area contributed by atoms with Crippen molar-refractivity contribution in [1.82, 2.24) is 14.7 Å². The van der Waals surface area contributed by atoms with E-state index in [1.54, 1.807) is 12.1 Å². The number of aryl methyl sites for hydroxylation is 1. The van der Waals surface area contributed by atoms with Crippen molar-refractivity contribution >= 4 is 10.0 Å². The second kappa shape index (κ2) is 5.41. The van der Waals surface area contributed by atoms with Crippen molar-refractivity contribution in [2.24, 2.45) is 0 Å². The molecule has 1 aromatic carbocycles. The van der Waals surface area contributed by atoms with Crippen molar-refractivity contribution in [2.75, 3.05) is 0 Å². The molecule has 6 nitrogen and oxygen atoms in total. The zero-order valence-electron chi connectivity index (χ0n) is 10.4. The molecule has 2 rings (SSSR count). The molecule has 1 heterocycles. The van der Waals surface area contributed by atoms with Gasteiger partial charge in [0.05, 0.1) is 6.20 Å². The van der Waals surface area contributed by atoms with E-state index in [9.17, 15) is 8.42 Å². The topological polar surface area (TPSA) is 95.1 Å². The summed E-state index contributed by atoms with van der Waals surface area (Å²) in [6.45, 7) is 2.04. The highest BCUT2D eigenvalue weighted by atomic mass is 32.2. The fraction of sp³-hybridized carbons (Fsp3) is 0.250. The lowest BCUT2D eigenvalue weighted by atomic mass is 10.2. The summed E-state index contributed by atoms with van der Waals surface area (Å²) in [7, 11) is -3.59. The number of nitrogens with one attached hydrogen (secondary N) is 2. The lowest BCUT2D eigenvalue weighted by molar-refractivity contribution is 0.475. The fourth-order valence-electron chi connectivity index (χ4n) is 1.53. The van der Waals surface area contributed by atoms with Gasteiger partial charge in [-0.25, -0.2) is 18.1 Å². The van der Waals surface area contributed by atoms with Crippen LogP contribution in [0.15, 0.2) is 35.5 Å². The highest BCUT2D eigenvalue weighted by Crippen LogP contribution is 2.11. The first-order valence-corrected chi connectivity index (χ1v) is 7.31. The summed E-state index contributed by atoms with van der Waals surface area (Å²) in [5, 5.41) is 9.20. The Balaban J connectivity index is 2.07. The van der Waals surface area contributed by atoms with E-state index in [0.717, 1.165) is 5.56 Å². The Labute approximate surface area is 111 Å². The minimum absolute atomic E-state index is 0.0585. The lowest BCUT2D eigenvalue weighted by Gasteiger charge is -2.05. The van der Waals surface area contributed by atoms with Crippen LogP contribution < -0.4 is 4.72 Å². The maximum Gasteiger partial charge on any atom is 0.257 e. The van der Waals surface area contributed by atoms with Crippen molar-refractivity contribution in [3.05, 3.63) is 41.9 Å². The third kappa shape index (κ3) is 3.33. The molecule has 0 aliphatic rings. The normalized spacial score (nSPS) is 11.6. The zero-order valence-corrected chi connectivity index (χ0v) is 11.2. The molecule has 7 heteroatoms. The smallest absolute Gasteiger partial charge is 0.257 e. The minimum Gasteiger partial charge on any atom is -0.508 e. The number of phenols is 1. The van der Waals surface area contributed by atoms with Crippen molar-refractivity contribution in [3.8, 4) is 5.75 Å². The summed E-state index contributed by atoms with van der Waals surface area (Å²) >= 11 is 0. The molecule has 102 valence electrons. The van der Waals surface area contributed by atoms with Crippen LogP contribution in [0, 0.1) is 0 Å². The van der Waals surface area contributed by atoms with Gasteiger partial charge in [0, 0.05) is 13.0 Å².